The number of fused-ring (bicyclic) bond motifs is 2. The van der Waals surface area contributed by atoms with E-state index in [9.17, 15) is 4.79 Å². The lowest BCUT2D eigenvalue weighted by molar-refractivity contribution is 0.102. The molecule has 2 aromatic heterocycles. The third-order valence-electron chi connectivity index (χ3n) is 5.03. The monoisotopic (exact) mass is 412 g/mol. The van der Waals surface area contributed by atoms with Gasteiger partial charge in [-0.2, -0.15) is 0 Å². The number of aromatic nitrogens is 2. The Hall–Kier alpha value is -3.64. The second-order valence-corrected chi connectivity index (χ2v) is 8.37. The summed E-state index contributed by atoms with van der Waals surface area (Å²) in [4.78, 5) is 20.9. The molecule has 0 radical (unpaired) electrons. The Balaban J connectivity index is 1.45. The molecule has 5 rings (SSSR count). The molecule has 0 aliphatic carbocycles. The fraction of sp³-hybridized carbons (Fsp3) is 0.0833. The minimum Gasteiger partial charge on any atom is -0.351 e. The molecule has 0 bridgehead atoms. The van der Waals surface area contributed by atoms with Crippen molar-refractivity contribution in [2.24, 2.45) is 0 Å². The molecule has 0 unspecified atom stereocenters. The van der Waals surface area contributed by atoms with Crippen molar-refractivity contribution in [1.82, 2.24) is 9.97 Å². The molecule has 0 aliphatic heterocycles. The Labute approximate surface area is 177 Å². The van der Waals surface area contributed by atoms with Gasteiger partial charge < -0.3 is 15.6 Å². The predicted molar refractivity (Wildman–Crippen MR) is 125 cm³/mol. The van der Waals surface area contributed by atoms with Crippen molar-refractivity contribution in [3.05, 3.63) is 83.6 Å². The van der Waals surface area contributed by atoms with Crippen LogP contribution < -0.4 is 10.6 Å². The van der Waals surface area contributed by atoms with Gasteiger partial charge in [-0.15, -0.1) is 0 Å². The van der Waals surface area contributed by atoms with E-state index < -0.39 is 0 Å². The molecule has 5 aromatic rings. The molecule has 0 atom stereocenters. The average Bonchev–Trinajstić information content (AvgIpc) is 3.33. The molecular formula is C24H20N4OS. The van der Waals surface area contributed by atoms with Crippen molar-refractivity contribution >= 4 is 54.9 Å². The molecular weight excluding hydrogens is 392 g/mol. The van der Waals surface area contributed by atoms with Crippen LogP contribution in [0, 0.1) is 13.8 Å². The van der Waals surface area contributed by atoms with Gasteiger partial charge in [0.05, 0.1) is 10.4 Å². The molecule has 0 saturated carbocycles. The van der Waals surface area contributed by atoms with Crippen LogP contribution in [-0.2, 0) is 0 Å². The van der Waals surface area contributed by atoms with Gasteiger partial charge in [0.2, 0.25) is 0 Å². The summed E-state index contributed by atoms with van der Waals surface area (Å²) >= 11 is 1.56. The van der Waals surface area contributed by atoms with Crippen LogP contribution in [0.4, 0.5) is 16.5 Å². The molecule has 0 aliphatic rings. The van der Waals surface area contributed by atoms with E-state index in [0.29, 0.717) is 11.4 Å². The van der Waals surface area contributed by atoms with Gasteiger partial charge in [0.25, 0.3) is 5.91 Å². The van der Waals surface area contributed by atoms with Crippen LogP contribution in [0.15, 0.2) is 66.7 Å². The number of nitrogens with one attached hydrogen (secondary N) is 3. The summed E-state index contributed by atoms with van der Waals surface area (Å²) in [5.74, 6) is -0.179. The number of anilines is 3. The van der Waals surface area contributed by atoms with Gasteiger partial charge in [-0.05, 0) is 61.4 Å². The number of H-pyrrole nitrogens is 1. The van der Waals surface area contributed by atoms with Crippen LogP contribution in [0.25, 0.3) is 21.1 Å². The van der Waals surface area contributed by atoms with Crippen LogP contribution in [0.5, 0.6) is 0 Å². The summed E-state index contributed by atoms with van der Waals surface area (Å²) in [5, 5.41) is 8.19. The molecule has 6 heteroatoms. The van der Waals surface area contributed by atoms with E-state index in [2.05, 4.69) is 41.6 Å². The Kier molecular flexibility index (Phi) is 4.48. The average molecular weight is 413 g/mol. The molecule has 3 N–H and O–H groups in total. The smallest absolute Gasteiger partial charge is 0.272 e. The van der Waals surface area contributed by atoms with Gasteiger partial charge in [-0.1, -0.05) is 41.7 Å². The quantitative estimate of drug-likeness (QED) is 0.320. The predicted octanol–water partition coefficient (Wildman–Crippen LogP) is 6.39. The number of benzene rings is 3. The zero-order valence-electron chi connectivity index (χ0n) is 16.6. The zero-order chi connectivity index (χ0) is 20.7. The molecule has 0 fully saturated rings. The van der Waals surface area contributed by atoms with Crippen LogP contribution in [-0.4, -0.2) is 15.9 Å². The maximum absolute atomic E-state index is 12.9. The van der Waals surface area contributed by atoms with E-state index in [1.807, 2.05) is 54.6 Å². The van der Waals surface area contributed by atoms with Crippen molar-refractivity contribution in [2.45, 2.75) is 13.8 Å². The maximum Gasteiger partial charge on any atom is 0.272 e. The molecule has 148 valence electrons. The highest BCUT2D eigenvalue weighted by molar-refractivity contribution is 7.22. The lowest BCUT2D eigenvalue weighted by atomic mass is 10.1. The topological polar surface area (TPSA) is 69.8 Å². The van der Waals surface area contributed by atoms with Crippen molar-refractivity contribution in [3.8, 4) is 0 Å². The highest BCUT2D eigenvalue weighted by Gasteiger charge is 2.15. The fourth-order valence-corrected chi connectivity index (χ4v) is 4.57. The van der Waals surface area contributed by atoms with Crippen molar-refractivity contribution < 1.29 is 4.79 Å². The van der Waals surface area contributed by atoms with Gasteiger partial charge >= 0.3 is 0 Å². The van der Waals surface area contributed by atoms with Gasteiger partial charge in [0.15, 0.2) is 5.13 Å². The fourth-order valence-electron chi connectivity index (χ4n) is 3.66. The Morgan fingerprint density at radius 3 is 2.67 bits per heavy atom. The van der Waals surface area contributed by atoms with E-state index in [-0.39, 0.29) is 5.91 Å². The van der Waals surface area contributed by atoms with E-state index in [4.69, 9.17) is 4.98 Å². The van der Waals surface area contributed by atoms with Crippen molar-refractivity contribution in [2.75, 3.05) is 10.6 Å². The number of rotatable bonds is 4. The first kappa shape index (κ1) is 18.4. The number of carbonyl (C=O) groups is 1. The van der Waals surface area contributed by atoms with Gasteiger partial charge in [-0.25, -0.2) is 4.98 Å². The van der Waals surface area contributed by atoms with Crippen molar-refractivity contribution in [3.63, 3.8) is 0 Å². The van der Waals surface area contributed by atoms with Crippen LogP contribution in [0.3, 0.4) is 0 Å². The standard InChI is InChI=1S/C24H20N4OS/c1-14-11-15(2)17-13-20(26-19(17)12-14)23(29)27-18-9-6-10-21-22(18)28-24(30-21)25-16-7-4-3-5-8-16/h3-13,26H,1-2H3,(H,25,28)(H,27,29). The third kappa shape index (κ3) is 3.42. The first-order valence-electron chi connectivity index (χ1n) is 9.70. The minimum atomic E-state index is -0.179. The Bertz CT molecular complexity index is 1380. The van der Waals surface area contributed by atoms with Crippen molar-refractivity contribution in [1.29, 1.82) is 0 Å². The first-order chi connectivity index (χ1) is 14.6. The lowest BCUT2D eigenvalue weighted by Crippen LogP contribution is -2.12. The highest BCUT2D eigenvalue weighted by atomic mass is 32.1. The number of carbonyl (C=O) groups excluding carboxylic acids is 1. The summed E-state index contributed by atoms with van der Waals surface area (Å²) in [7, 11) is 0. The van der Waals surface area contributed by atoms with E-state index in [1.54, 1.807) is 11.3 Å². The molecule has 30 heavy (non-hydrogen) atoms. The van der Waals surface area contributed by atoms with Crippen LogP contribution in [0.2, 0.25) is 0 Å². The summed E-state index contributed by atoms with van der Waals surface area (Å²) < 4.78 is 1.01. The van der Waals surface area contributed by atoms with E-state index >= 15 is 0 Å². The van der Waals surface area contributed by atoms with Crippen LogP contribution >= 0.6 is 11.3 Å². The van der Waals surface area contributed by atoms with E-state index in [1.165, 1.54) is 5.56 Å². The summed E-state index contributed by atoms with van der Waals surface area (Å²) in [5.41, 5.74) is 6.27. The highest BCUT2D eigenvalue weighted by Crippen LogP contribution is 2.33. The number of para-hydroxylation sites is 2. The second kappa shape index (κ2) is 7.31. The number of hydrogen-bond acceptors (Lipinski definition) is 4. The number of thiazole rings is 1. The number of hydrogen-bond donors (Lipinski definition) is 3. The molecule has 0 spiro atoms. The number of amides is 1. The van der Waals surface area contributed by atoms with Gasteiger partial charge in [-0.3, -0.25) is 4.79 Å². The number of nitrogens with zero attached hydrogens (tertiary/aromatic N) is 1. The summed E-state index contributed by atoms with van der Waals surface area (Å²) in [6, 6.07) is 21.8. The SMILES string of the molecule is Cc1cc(C)c2cc(C(=O)Nc3cccc4sc(Nc5ccccc5)nc34)[nH]c2c1. The van der Waals surface area contributed by atoms with Gasteiger partial charge in [0, 0.05) is 16.6 Å². The van der Waals surface area contributed by atoms with Gasteiger partial charge in [0.1, 0.15) is 11.2 Å². The first-order valence-corrected chi connectivity index (χ1v) is 10.5. The normalized spacial score (nSPS) is 11.1. The molecule has 5 nitrogen and oxygen atoms in total. The zero-order valence-corrected chi connectivity index (χ0v) is 17.4. The summed E-state index contributed by atoms with van der Waals surface area (Å²) in [6.07, 6.45) is 0. The number of aromatic amines is 1. The molecule has 3 aromatic carbocycles. The van der Waals surface area contributed by atoms with E-state index in [0.717, 1.165) is 37.5 Å². The Morgan fingerprint density at radius 2 is 1.83 bits per heavy atom. The lowest BCUT2D eigenvalue weighted by Gasteiger charge is -2.04. The largest absolute Gasteiger partial charge is 0.351 e. The maximum atomic E-state index is 12.9. The molecule has 1 amide bonds. The third-order valence-corrected chi connectivity index (χ3v) is 5.96. The molecule has 2 heterocycles. The minimum absolute atomic E-state index is 0.179. The molecule has 0 saturated heterocycles. The summed E-state index contributed by atoms with van der Waals surface area (Å²) in [6.45, 7) is 4.11. The number of aryl methyl sites for hydroxylation is 2. The second-order valence-electron chi connectivity index (χ2n) is 7.34. The Morgan fingerprint density at radius 1 is 1.00 bits per heavy atom. The van der Waals surface area contributed by atoms with Crippen LogP contribution in [0.1, 0.15) is 21.6 Å².